The highest BCUT2D eigenvalue weighted by atomic mass is 16.5. The highest BCUT2D eigenvalue weighted by Gasteiger charge is 2.27. The molecule has 0 saturated carbocycles. The molecule has 1 aliphatic carbocycles. The minimum atomic E-state index is -0.0755. The van der Waals surface area contributed by atoms with Gasteiger partial charge in [-0.2, -0.15) is 0 Å². The molecule has 1 N–H and O–H groups in total. The van der Waals surface area contributed by atoms with Gasteiger partial charge >= 0.3 is 0 Å². The van der Waals surface area contributed by atoms with Crippen LogP contribution in [0.4, 0.5) is 0 Å². The van der Waals surface area contributed by atoms with E-state index in [2.05, 4.69) is 59.6 Å². The van der Waals surface area contributed by atoms with Gasteiger partial charge in [-0.1, -0.05) is 36.4 Å². The molecular formula is C35H39N3O3. The largest absolute Gasteiger partial charge is 0.497 e. The molecule has 0 spiro atoms. The zero-order valence-corrected chi connectivity index (χ0v) is 24.3. The van der Waals surface area contributed by atoms with Crippen LogP contribution in [-0.4, -0.2) is 51.3 Å². The molecule has 2 aliphatic heterocycles. The maximum atomic E-state index is 12.9. The van der Waals surface area contributed by atoms with Crippen molar-refractivity contribution in [3.8, 4) is 5.75 Å². The maximum Gasteiger partial charge on any atom is 0.252 e. The summed E-state index contributed by atoms with van der Waals surface area (Å²) in [5, 5.41) is 7.30. The number of hydrogen-bond donors (Lipinski definition) is 1. The average molecular weight is 550 g/mol. The fraction of sp³-hybridized carbons (Fsp3) is 0.371. The van der Waals surface area contributed by atoms with E-state index < -0.39 is 0 Å². The Bertz CT molecular complexity index is 1650. The summed E-state index contributed by atoms with van der Waals surface area (Å²) in [6.45, 7) is 6.41. The SMILES string of the molecule is COCCNC(=O)c1cccc2c1=C1C(C)=CC(CC3CCN(Cc4ccc5cc(OC)ccc5c4)CC3)C=C1N=2. The van der Waals surface area contributed by atoms with Gasteiger partial charge in [0.05, 0.1) is 24.8 Å². The number of nitrogens with zero attached hydrogens (tertiary/aromatic N) is 2. The first-order valence-corrected chi connectivity index (χ1v) is 14.7. The van der Waals surface area contributed by atoms with Crippen molar-refractivity contribution in [1.29, 1.82) is 0 Å². The van der Waals surface area contributed by atoms with Crippen LogP contribution in [0.5, 0.6) is 5.75 Å². The van der Waals surface area contributed by atoms with Crippen molar-refractivity contribution >= 4 is 22.3 Å². The molecule has 1 amide bonds. The van der Waals surface area contributed by atoms with Gasteiger partial charge in [-0.3, -0.25) is 9.69 Å². The predicted octanol–water partition coefficient (Wildman–Crippen LogP) is 4.77. The van der Waals surface area contributed by atoms with Gasteiger partial charge in [-0.15, -0.1) is 0 Å². The molecule has 3 aliphatic rings. The zero-order chi connectivity index (χ0) is 28.3. The van der Waals surface area contributed by atoms with Crippen LogP contribution in [-0.2, 0) is 11.3 Å². The minimum absolute atomic E-state index is 0.0755. The van der Waals surface area contributed by atoms with Gasteiger partial charge in [-0.25, -0.2) is 4.99 Å². The topological polar surface area (TPSA) is 63.2 Å². The maximum absolute atomic E-state index is 12.9. The lowest BCUT2D eigenvalue weighted by Gasteiger charge is -2.33. The van der Waals surface area contributed by atoms with E-state index in [4.69, 9.17) is 14.5 Å². The summed E-state index contributed by atoms with van der Waals surface area (Å²) in [5.41, 5.74) is 5.41. The third-order valence-corrected chi connectivity index (χ3v) is 8.69. The van der Waals surface area contributed by atoms with Crippen LogP contribution in [0.15, 0.2) is 83.0 Å². The van der Waals surface area contributed by atoms with Crippen LogP contribution in [0.1, 0.15) is 42.1 Å². The van der Waals surface area contributed by atoms with Crippen LogP contribution in [0.2, 0.25) is 0 Å². The van der Waals surface area contributed by atoms with Gasteiger partial charge in [0.15, 0.2) is 0 Å². The predicted molar refractivity (Wildman–Crippen MR) is 163 cm³/mol. The lowest BCUT2D eigenvalue weighted by Crippen LogP contribution is -2.36. The number of likely N-dealkylation sites (tertiary alicyclic amines) is 1. The first kappa shape index (κ1) is 27.4. The normalized spacial score (nSPS) is 18.8. The van der Waals surface area contributed by atoms with Gasteiger partial charge < -0.3 is 14.8 Å². The summed E-state index contributed by atoms with van der Waals surface area (Å²) in [5.74, 6) is 1.90. The number of fused-ring (bicyclic) bond motifs is 3. The molecule has 41 heavy (non-hydrogen) atoms. The number of hydrogen-bond acceptors (Lipinski definition) is 5. The Morgan fingerprint density at radius 3 is 2.63 bits per heavy atom. The molecule has 6 rings (SSSR count). The molecule has 1 fully saturated rings. The zero-order valence-electron chi connectivity index (χ0n) is 24.3. The molecule has 6 nitrogen and oxygen atoms in total. The number of nitrogens with one attached hydrogen (secondary N) is 1. The first-order valence-electron chi connectivity index (χ1n) is 14.7. The lowest BCUT2D eigenvalue weighted by atomic mass is 9.82. The van der Waals surface area contributed by atoms with Crippen molar-refractivity contribution in [3.05, 3.63) is 99.7 Å². The van der Waals surface area contributed by atoms with E-state index >= 15 is 0 Å². The van der Waals surface area contributed by atoms with E-state index in [1.54, 1.807) is 14.2 Å². The Kier molecular flexibility index (Phi) is 8.04. The number of carbonyl (C=O) groups is 1. The highest BCUT2D eigenvalue weighted by molar-refractivity contribution is 5.97. The first-order chi connectivity index (χ1) is 20.0. The molecule has 0 radical (unpaired) electrons. The van der Waals surface area contributed by atoms with Crippen molar-refractivity contribution in [2.24, 2.45) is 16.8 Å². The Balaban J connectivity index is 1.09. The quantitative estimate of drug-likeness (QED) is 0.391. The summed E-state index contributed by atoms with van der Waals surface area (Å²) in [4.78, 5) is 20.5. The molecule has 1 unspecified atom stereocenters. The van der Waals surface area contributed by atoms with Crippen molar-refractivity contribution in [1.82, 2.24) is 10.2 Å². The highest BCUT2D eigenvalue weighted by Crippen LogP contribution is 2.35. The van der Waals surface area contributed by atoms with Gasteiger partial charge in [-0.05, 0) is 103 Å². The monoisotopic (exact) mass is 549 g/mol. The van der Waals surface area contributed by atoms with Crippen LogP contribution in [0, 0.1) is 11.8 Å². The molecule has 212 valence electrons. The molecule has 6 heteroatoms. The molecule has 3 aromatic rings. The second kappa shape index (κ2) is 12.0. The van der Waals surface area contributed by atoms with E-state index in [0.29, 0.717) is 30.6 Å². The van der Waals surface area contributed by atoms with Gasteiger partial charge in [0.2, 0.25) is 0 Å². The standard InChI is InChI=1S/C35H39N3O3/c1-23-17-26(20-32-33(23)34-30(5-4-6-31(34)37-32)35(39)36-13-16-40-2)18-24-11-14-38(15-12-24)22-25-7-8-28-21-29(41-3)10-9-27(28)19-25/h4-10,17,19-21,24,26H,11-16,18,22H2,1-3H3,(H,36,39). The van der Waals surface area contributed by atoms with Crippen LogP contribution < -0.4 is 20.6 Å². The average Bonchev–Trinajstić information content (AvgIpc) is 3.37. The molecule has 3 aromatic carbocycles. The molecule has 2 heterocycles. The van der Waals surface area contributed by atoms with E-state index in [-0.39, 0.29) is 5.91 Å². The number of piperidine rings is 1. The fourth-order valence-corrected chi connectivity index (χ4v) is 6.59. The van der Waals surface area contributed by atoms with Crippen molar-refractivity contribution in [3.63, 3.8) is 0 Å². The van der Waals surface area contributed by atoms with Crippen LogP contribution >= 0.6 is 0 Å². The molecule has 0 bridgehead atoms. The third kappa shape index (κ3) is 5.85. The summed E-state index contributed by atoms with van der Waals surface area (Å²) in [6.07, 6.45) is 8.30. The molecule has 0 aromatic heterocycles. The molecule has 1 atom stereocenters. The van der Waals surface area contributed by atoms with Gasteiger partial charge in [0.1, 0.15) is 5.75 Å². The Morgan fingerprint density at radius 2 is 1.83 bits per heavy atom. The Hall–Kier alpha value is -3.74. The number of benzene rings is 3. The number of rotatable bonds is 9. The fourth-order valence-electron chi connectivity index (χ4n) is 6.59. The van der Waals surface area contributed by atoms with Crippen LogP contribution in [0.3, 0.4) is 0 Å². The lowest BCUT2D eigenvalue weighted by molar-refractivity contribution is 0.0936. The number of methoxy groups -OCH3 is 2. The van der Waals surface area contributed by atoms with Crippen molar-refractivity contribution in [2.45, 2.75) is 32.7 Å². The molecule has 1 saturated heterocycles. The van der Waals surface area contributed by atoms with Crippen molar-refractivity contribution in [2.75, 3.05) is 40.5 Å². The van der Waals surface area contributed by atoms with Gasteiger partial charge in [0, 0.05) is 36.6 Å². The summed E-state index contributed by atoms with van der Waals surface area (Å²) in [6, 6.07) is 18.9. The number of ether oxygens (including phenoxy) is 2. The van der Waals surface area contributed by atoms with E-state index in [9.17, 15) is 4.79 Å². The number of allylic oxidation sites excluding steroid dienone is 3. The van der Waals surface area contributed by atoms with E-state index in [0.717, 1.165) is 53.7 Å². The summed E-state index contributed by atoms with van der Waals surface area (Å²) >= 11 is 0. The van der Waals surface area contributed by atoms with E-state index in [1.807, 2.05) is 24.3 Å². The van der Waals surface area contributed by atoms with Crippen LogP contribution in [0.25, 0.3) is 16.3 Å². The number of amides is 1. The smallest absolute Gasteiger partial charge is 0.252 e. The van der Waals surface area contributed by atoms with E-state index in [1.165, 1.54) is 34.8 Å². The Labute approximate surface area is 242 Å². The second-order valence-electron chi connectivity index (χ2n) is 11.5. The third-order valence-electron chi connectivity index (χ3n) is 8.69. The van der Waals surface area contributed by atoms with Gasteiger partial charge in [0.25, 0.3) is 5.91 Å². The number of carbonyl (C=O) groups excluding carboxylic acids is 1. The molecular weight excluding hydrogens is 510 g/mol. The minimum Gasteiger partial charge on any atom is -0.497 e. The summed E-state index contributed by atoms with van der Waals surface area (Å²) in [7, 11) is 3.35. The Morgan fingerprint density at radius 1 is 1.02 bits per heavy atom. The summed E-state index contributed by atoms with van der Waals surface area (Å²) < 4.78 is 10.5. The second-order valence-corrected chi connectivity index (χ2v) is 11.5. The van der Waals surface area contributed by atoms with Crippen molar-refractivity contribution < 1.29 is 14.3 Å².